The van der Waals surface area contributed by atoms with Gasteiger partial charge in [-0.05, 0) is 13.3 Å². The Labute approximate surface area is 74.9 Å². The Morgan fingerprint density at radius 2 is 1.75 bits per heavy atom. The Bertz CT molecular complexity index is 142. The highest BCUT2D eigenvalue weighted by Gasteiger charge is 2.37. The van der Waals surface area contributed by atoms with E-state index in [1.807, 2.05) is 6.92 Å². The van der Waals surface area contributed by atoms with E-state index in [0.29, 0.717) is 0 Å². The first kappa shape index (κ1) is 10.0. The summed E-state index contributed by atoms with van der Waals surface area (Å²) in [6, 6.07) is 0. The summed E-state index contributed by atoms with van der Waals surface area (Å²) in [5, 5.41) is 9.84. The third-order valence-electron chi connectivity index (χ3n) is 3.20. The van der Waals surface area contributed by atoms with Gasteiger partial charge in [-0.1, -0.05) is 20.8 Å². The summed E-state index contributed by atoms with van der Waals surface area (Å²) in [5.41, 5.74) is 0. The van der Waals surface area contributed by atoms with Crippen LogP contribution in [0, 0.1) is 11.8 Å². The third-order valence-corrected chi connectivity index (χ3v) is 3.20. The van der Waals surface area contributed by atoms with Gasteiger partial charge in [0.05, 0.1) is 18.3 Å². The zero-order valence-electron chi connectivity index (χ0n) is 8.45. The molecule has 0 bridgehead atoms. The predicted molar refractivity (Wildman–Crippen MR) is 49.0 cm³/mol. The maximum absolute atomic E-state index is 9.84. The quantitative estimate of drug-likeness (QED) is 0.653. The van der Waals surface area contributed by atoms with Crippen LogP contribution in [-0.4, -0.2) is 23.4 Å². The second-order valence-corrected chi connectivity index (χ2v) is 4.00. The Kier molecular flexibility index (Phi) is 3.13. The Balaban J connectivity index is 2.63. The smallest absolute Gasteiger partial charge is 0.0640 e. The van der Waals surface area contributed by atoms with E-state index in [0.717, 1.165) is 6.42 Å². The van der Waals surface area contributed by atoms with Gasteiger partial charge in [-0.25, -0.2) is 0 Å². The van der Waals surface area contributed by atoms with Crippen molar-refractivity contribution in [2.75, 3.05) is 0 Å². The molecule has 1 heterocycles. The maximum Gasteiger partial charge on any atom is 0.0640 e. The van der Waals surface area contributed by atoms with Crippen molar-refractivity contribution >= 4 is 0 Å². The molecular weight excluding hydrogens is 152 g/mol. The summed E-state index contributed by atoms with van der Waals surface area (Å²) >= 11 is 0. The van der Waals surface area contributed by atoms with Gasteiger partial charge in [0.15, 0.2) is 0 Å². The molecule has 2 nitrogen and oxygen atoms in total. The van der Waals surface area contributed by atoms with Crippen LogP contribution in [0.25, 0.3) is 0 Å². The van der Waals surface area contributed by atoms with E-state index >= 15 is 0 Å². The lowest BCUT2D eigenvalue weighted by molar-refractivity contribution is -0.157. The lowest BCUT2D eigenvalue weighted by Crippen LogP contribution is -2.47. The lowest BCUT2D eigenvalue weighted by Gasteiger charge is -2.41. The molecule has 1 saturated heterocycles. The number of aliphatic hydroxyl groups is 1. The van der Waals surface area contributed by atoms with Gasteiger partial charge < -0.3 is 9.84 Å². The van der Waals surface area contributed by atoms with Crippen LogP contribution >= 0.6 is 0 Å². The zero-order chi connectivity index (χ0) is 9.30. The van der Waals surface area contributed by atoms with Crippen LogP contribution in [0.1, 0.15) is 34.1 Å². The highest BCUT2D eigenvalue weighted by molar-refractivity contribution is 4.85. The summed E-state index contributed by atoms with van der Waals surface area (Å²) < 4.78 is 5.77. The van der Waals surface area contributed by atoms with E-state index < -0.39 is 0 Å². The molecule has 0 aromatic carbocycles. The van der Waals surface area contributed by atoms with Crippen LogP contribution in [0.2, 0.25) is 0 Å². The molecule has 1 aliphatic rings. The van der Waals surface area contributed by atoms with Gasteiger partial charge in [0.2, 0.25) is 0 Å². The van der Waals surface area contributed by atoms with E-state index in [-0.39, 0.29) is 30.1 Å². The molecule has 0 amide bonds. The summed E-state index contributed by atoms with van der Waals surface area (Å²) in [7, 11) is 0. The zero-order valence-corrected chi connectivity index (χ0v) is 8.45. The van der Waals surface area contributed by atoms with Crippen molar-refractivity contribution in [2.45, 2.75) is 52.4 Å². The molecule has 1 fully saturated rings. The fourth-order valence-electron chi connectivity index (χ4n) is 1.97. The highest BCUT2D eigenvalue weighted by Crippen LogP contribution is 2.30. The number of aliphatic hydroxyl groups excluding tert-OH is 1. The van der Waals surface area contributed by atoms with Crippen molar-refractivity contribution in [3.63, 3.8) is 0 Å². The molecule has 0 saturated carbocycles. The number of rotatable bonds is 1. The SMILES string of the molecule is CC[C@H]1O[C@H](C)[C@H](C)[C@@H](O)[C@@H]1C. The molecule has 0 spiro atoms. The average Bonchev–Trinajstić information content (AvgIpc) is 2.08. The van der Waals surface area contributed by atoms with E-state index in [9.17, 15) is 5.11 Å². The van der Waals surface area contributed by atoms with Gasteiger partial charge in [-0.3, -0.25) is 0 Å². The van der Waals surface area contributed by atoms with Crippen molar-refractivity contribution < 1.29 is 9.84 Å². The van der Waals surface area contributed by atoms with Gasteiger partial charge >= 0.3 is 0 Å². The van der Waals surface area contributed by atoms with Gasteiger partial charge in [0, 0.05) is 11.8 Å². The molecule has 0 aliphatic carbocycles. The minimum Gasteiger partial charge on any atom is -0.392 e. The standard InChI is InChI=1S/C10H20O2/c1-5-9-7(3)10(11)6(2)8(4)12-9/h6-11H,5H2,1-4H3/t6-,7+,8+,9+,10+/m0/s1. The van der Waals surface area contributed by atoms with E-state index in [1.165, 1.54) is 0 Å². The van der Waals surface area contributed by atoms with Crippen molar-refractivity contribution in [1.82, 2.24) is 0 Å². The molecule has 0 aromatic rings. The van der Waals surface area contributed by atoms with Crippen LogP contribution in [0.15, 0.2) is 0 Å². The van der Waals surface area contributed by atoms with Crippen molar-refractivity contribution in [3.05, 3.63) is 0 Å². The summed E-state index contributed by atoms with van der Waals surface area (Å²) in [4.78, 5) is 0. The van der Waals surface area contributed by atoms with Crippen LogP contribution in [0.5, 0.6) is 0 Å². The Morgan fingerprint density at radius 3 is 2.25 bits per heavy atom. The first-order chi connectivity index (χ1) is 5.57. The van der Waals surface area contributed by atoms with E-state index in [1.54, 1.807) is 0 Å². The largest absolute Gasteiger partial charge is 0.392 e. The molecule has 0 aromatic heterocycles. The molecule has 12 heavy (non-hydrogen) atoms. The number of hydrogen-bond donors (Lipinski definition) is 1. The second-order valence-electron chi connectivity index (χ2n) is 4.00. The number of hydrogen-bond acceptors (Lipinski definition) is 2. The summed E-state index contributed by atoms with van der Waals surface area (Å²) in [6.45, 7) is 8.28. The highest BCUT2D eigenvalue weighted by atomic mass is 16.5. The van der Waals surface area contributed by atoms with E-state index in [2.05, 4.69) is 20.8 Å². The number of ether oxygens (including phenoxy) is 1. The normalized spacial score (nSPS) is 49.2. The molecule has 0 radical (unpaired) electrons. The molecule has 72 valence electrons. The maximum atomic E-state index is 9.84. The van der Waals surface area contributed by atoms with Gasteiger partial charge in [-0.15, -0.1) is 0 Å². The van der Waals surface area contributed by atoms with Crippen LogP contribution in [-0.2, 0) is 4.74 Å². The van der Waals surface area contributed by atoms with Crippen LogP contribution < -0.4 is 0 Å². The monoisotopic (exact) mass is 172 g/mol. The minimum absolute atomic E-state index is 0.196. The average molecular weight is 172 g/mol. The van der Waals surface area contributed by atoms with Crippen LogP contribution in [0.4, 0.5) is 0 Å². The Morgan fingerprint density at radius 1 is 1.17 bits per heavy atom. The molecule has 2 heteroatoms. The first-order valence-corrected chi connectivity index (χ1v) is 4.91. The van der Waals surface area contributed by atoms with Crippen molar-refractivity contribution in [1.29, 1.82) is 0 Å². The Hall–Kier alpha value is -0.0800. The molecule has 1 rings (SSSR count). The first-order valence-electron chi connectivity index (χ1n) is 4.91. The molecule has 5 atom stereocenters. The molecular formula is C10H20O2. The van der Waals surface area contributed by atoms with Crippen molar-refractivity contribution in [2.24, 2.45) is 11.8 Å². The van der Waals surface area contributed by atoms with Crippen molar-refractivity contribution in [3.8, 4) is 0 Å². The fraction of sp³-hybridized carbons (Fsp3) is 1.00. The minimum atomic E-state index is -0.196. The summed E-state index contributed by atoms with van der Waals surface area (Å²) in [5.74, 6) is 0.545. The summed E-state index contributed by atoms with van der Waals surface area (Å²) in [6.07, 6.45) is 1.24. The topological polar surface area (TPSA) is 29.5 Å². The van der Waals surface area contributed by atoms with Crippen LogP contribution in [0.3, 0.4) is 0 Å². The van der Waals surface area contributed by atoms with Gasteiger partial charge in [0.1, 0.15) is 0 Å². The predicted octanol–water partition coefficient (Wildman–Crippen LogP) is 1.82. The molecule has 0 unspecified atom stereocenters. The van der Waals surface area contributed by atoms with Gasteiger partial charge in [-0.2, -0.15) is 0 Å². The van der Waals surface area contributed by atoms with Gasteiger partial charge in [0.25, 0.3) is 0 Å². The fourth-order valence-corrected chi connectivity index (χ4v) is 1.97. The van der Waals surface area contributed by atoms with E-state index in [4.69, 9.17) is 4.74 Å². The molecule has 1 aliphatic heterocycles. The second kappa shape index (κ2) is 3.75. The third kappa shape index (κ3) is 1.64. The molecule has 1 N–H and O–H groups in total. The lowest BCUT2D eigenvalue weighted by atomic mass is 9.82.